The topological polar surface area (TPSA) is 41.6 Å². The van der Waals surface area contributed by atoms with Crippen molar-refractivity contribution in [2.24, 2.45) is 0 Å². The van der Waals surface area contributed by atoms with Gasteiger partial charge in [-0.2, -0.15) is 13.2 Å². The van der Waals surface area contributed by atoms with Crippen molar-refractivity contribution in [2.75, 3.05) is 32.8 Å². The van der Waals surface area contributed by atoms with Crippen LogP contribution in [0.4, 0.5) is 13.2 Å². The van der Waals surface area contributed by atoms with Gasteiger partial charge in [0.15, 0.2) is 0 Å². The van der Waals surface area contributed by atoms with Crippen LogP contribution in [0.2, 0.25) is 0 Å². The molecule has 0 aromatic rings. The van der Waals surface area contributed by atoms with E-state index in [1.165, 1.54) is 0 Å². The number of nitrogens with zero attached hydrogens (tertiary/aromatic N) is 1. The van der Waals surface area contributed by atoms with Crippen molar-refractivity contribution in [1.82, 2.24) is 10.2 Å². The zero-order valence-corrected chi connectivity index (χ0v) is 11.3. The minimum Gasteiger partial charge on any atom is -0.363 e. The minimum absolute atomic E-state index is 0.118. The molecule has 1 aliphatic rings. The Bertz CT molecular complexity index is 304. The normalized spacial score (nSPS) is 17.9. The Labute approximate surface area is 111 Å². The third-order valence-corrected chi connectivity index (χ3v) is 3.05. The molecule has 7 heteroatoms. The second-order valence-corrected chi connectivity index (χ2v) is 5.13. The predicted molar refractivity (Wildman–Crippen MR) is 64.8 cm³/mol. The number of alkyl halides is 3. The molecule has 0 atom stereocenters. The van der Waals surface area contributed by atoms with Crippen LogP contribution in [0.5, 0.6) is 0 Å². The van der Waals surface area contributed by atoms with E-state index in [1.54, 1.807) is 0 Å². The first-order valence-electron chi connectivity index (χ1n) is 6.45. The summed E-state index contributed by atoms with van der Waals surface area (Å²) in [4.78, 5) is 12.6. The molecule has 0 aromatic carbocycles. The highest BCUT2D eigenvalue weighted by Crippen LogP contribution is 2.18. The van der Waals surface area contributed by atoms with Gasteiger partial charge in [0, 0.05) is 19.6 Å². The molecule has 0 radical (unpaired) electrons. The molecule has 112 valence electrons. The molecule has 1 aliphatic heterocycles. The highest BCUT2D eigenvalue weighted by molar-refractivity contribution is 5.77. The number of carbonyl (C=O) groups is 1. The van der Waals surface area contributed by atoms with Crippen LogP contribution in [0.25, 0.3) is 0 Å². The summed E-state index contributed by atoms with van der Waals surface area (Å²) in [6.07, 6.45) is -3.07. The number of halogens is 3. The van der Waals surface area contributed by atoms with Gasteiger partial charge in [-0.25, -0.2) is 0 Å². The molecule has 0 saturated carbocycles. The standard InChI is InChI=1S/C12H21F3N2O2/c1-3-4-5-17(9-12(13,14)15)10(18)6-19-11(2)7-16-8-11/h16H,3-9H2,1-2H3. The average Bonchev–Trinajstić information content (AvgIpc) is 2.27. The molecule has 1 heterocycles. The van der Waals surface area contributed by atoms with Crippen LogP contribution >= 0.6 is 0 Å². The number of unbranched alkanes of at least 4 members (excludes halogenated alkanes) is 1. The summed E-state index contributed by atoms with van der Waals surface area (Å²) in [5, 5.41) is 3.00. The van der Waals surface area contributed by atoms with Crippen LogP contribution < -0.4 is 5.32 Å². The third kappa shape index (κ3) is 5.78. The van der Waals surface area contributed by atoms with Crippen LogP contribution in [0.3, 0.4) is 0 Å². The van der Waals surface area contributed by atoms with E-state index in [9.17, 15) is 18.0 Å². The number of hydrogen-bond acceptors (Lipinski definition) is 3. The van der Waals surface area contributed by atoms with Gasteiger partial charge in [0.25, 0.3) is 0 Å². The monoisotopic (exact) mass is 282 g/mol. The van der Waals surface area contributed by atoms with Gasteiger partial charge in [-0.05, 0) is 13.3 Å². The largest absolute Gasteiger partial charge is 0.406 e. The Balaban J connectivity index is 2.45. The minimum atomic E-state index is -4.37. The number of ether oxygens (including phenoxy) is 1. The Morgan fingerprint density at radius 1 is 1.42 bits per heavy atom. The van der Waals surface area contributed by atoms with Crippen molar-refractivity contribution in [1.29, 1.82) is 0 Å². The smallest absolute Gasteiger partial charge is 0.363 e. The Morgan fingerprint density at radius 3 is 2.47 bits per heavy atom. The zero-order valence-electron chi connectivity index (χ0n) is 11.3. The van der Waals surface area contributed by atoms with E-state index >= 15 is 0 Å². The molecule has 0 unspecified atom stereocenters. The van der Waals surface area contributed by atoms with Crippen LogP contribution in [-0.4, -0.2) is 55.4 Å². The Kier molecular flexibility index (Phi) is 5.61. The summed E-state index contributed by atoms with van der Waals surface area (Å²) in [5.74, 6) is -0.598. The van der Waals surface area contributed by atoms with Crippen molar-refractivity contribution in [3.8, 4) is 0 Å². The molecule has 1 saturated heterocycles. The molecule has 1 N–H and O–H groups in total. The van der Waals surface area contributed by atoms with E-state index in [0.29, 0.717) is 19.5 Å². The highest BCUT2D eigenvalue weighted by atomic mass is 19.4. The zero-order chi connectivity index (χ0) is 14.5. The van der Waals surface area contributed by atoms with E-state index in [1.807, 2.05) is 13.8 Å². The summed E-state index contributed by atoms with van der Waals surface area (Å²) < 4.78 is 42.6. The van der Waals surface area contributed by atoms with E-state index in [0.717, 1.165) is 11.3 Å². The molecule has 1 amide bonds. The van der Waals surface area contributed by atoms with Crippen LogP contribution in [0, 0.1) is 0 Å². The van der Waals surface area contributed by atoms with Gasteiger partial charge in [0.2, 0.25) is 5.91 Å². The molecule has 1 rings (SSSR count). The maximum atomic E-state index is 12.4. The van der Waals surface area contributed by atoms with E-state index < -0.39 is 24.2 Å². The lowest BCUT2D eigenvalue weighted by Gasteiger charge is -2.39. The first-order chi connectivity index (χ1) is 8.76. The number of amides is 1. The van der Waals surface area contributed by atoms with Crippen molar-refractivity contribution in [2.45, 2.75) is 38.5 Å². The summed E-state index contributed by atoms with van der Waals surface area (Å²) in [6, 6.07) is 0. The fourth-order valence-corrected chi connectivity index (χ4v) is 1.76. The number of rotatable bonds is 7. The quantitative estimate of drug-likeness (QED) is 0.770. The summed E-state index contributed by atoms with van der Waals surface area (Å²) >= 11 is 0. The van der Waals surface area contributed by atoms with Gasteiger partial charge < -0.3 is 15.0 Å². The van der Waals surface area contributed by atoms with Gasteiger partial charge >= 0.3 is 6.18 Å². The lowest BCUT2D eigenvalue weighted by molar-refractivity contribution is -0.168. The maximum absolute atomic E-state index is 12.4. The maximum Gasteiger partial charge on any atom is 0.406 e. The Hall–Kier alpha value is -0.820. The fraction of sp³-hybridized carbons (Fsp3) is 0.917. The molecule has 0 spiro atoms. The second-order valence-electron chi connectivity index (χ2n) is 5.13. The number of carbonyl (C=O) groups excluding carboxylic acids is 1. The van der Waals surface area contributed by atoms with Gasteiger partial charge in [0.05, 0.1) is 5.60 Å². The molecule has 0 aliphatic carbocycles. The first kappa shape index (κ1) is 16.2. The van der Waals surface area contributed by atoms with Crippen LogP contribution in [-0.2, 0) is 9.53 Å². The summed E-state index contributed by atoms with van der Waals surface area (Å²) in [7, 11) is 0. The van der Waals surface area contributed by atoms with Crippen molar-refractivity contribution in [3.63, 3.8) is 0 Å². The lowest BCUT2D eigenvalue weighted by atomic mass is 10.0. The predicted octanol–water partition coefficient (Wildman–Crippen LogP) is 1.56. The lowest BCUT2D eigenvalue weighted by Crippen LogP contribution is -2.59. The molecule has 0 aromatic heterocycles. The molecular formula is C12H21F3N2O2. The van der Waals surface area contributed by atoms with Crippen LogP contribution in [0.1, 0.15) is 26.7 Å². The van der Waals surface area contributed by atoms with Gasteiger partial charge in [-0.15, -0.1) is 0 Å². The van der Waals surface area contributed by atoms with Crippen LogP contribution in [0.15, 0.2) is 0 Å². The third-order valence-electron chi connectivity index (χ3n) is 3.05. The highest BCUT2D eigenvalue weighted by Gasteiger charge is 2.36. The van der Waals surface area contributed by atoms with Gasteiger partial charge in [-0.3, -0.25) is 4.79 Å². The van der Waals surface area contributed by atoms with Gasteiger partial charge in [0.1, 0.15) is 13.2 Å². The molecule has 19 heavy (non-hydrogen) atoms. The van der Waals surface area contributed by atoms with E-state index in [-0.39, 0.29) is 13.2 Å². The van der Waals surface area contributed by atoms with Crippen molar-refractivity contribution >= 4 is 5.91 Å². The SMILES string of the molecule is CCCCN(CC(F)(F)F)C(=O)COC1(C)CNC1. The number of nitrogens with one attached hydrogen (secondary N) is 1. The molecule has 1 fully saturated rings. The molecule has 4 nitrogen and oxygen atoms in total. The van der Waals surface area contributed by atoms with E-state index in [4.69, 9.17) is 4.74 Å². The molecular weight excluding hydrogens is 261 g/mol. The molecule has 0 bridgehead atoms. The van der Waals surface area contributed by atoms with Gasteiger partial charge in [-0.1, -0.05) is 13.3 Å². The number of hydrogen-bond donors (Lipinski definition) is 1. The van der Waals surface area contributed by atoms with Crippen molar-refractivity contribution in [3.05, 3.63) is 0 Å². The first-order valence-corrected chi connectivity index (χ1v) is 6.45. The summed E-state index contributed by atoms with van der Waals surface area (Å²) in [5.41, 5.74) is -0.426. The fourth-order valence-electron chi connectivity index (χ4n) is 1.76. The Morgan fingerprint density at radius 2 is 2.05 bits per heavy atom. The van der Waals surface area contributed by atoms with Crippen molar-refractivity contribution < 1.29 is 22.7 Å². The second kappa shape index (κ2) is 6.56. The van der Waals surface area contributed by atoms with E-state index in [2.05, 4.69) is 5.32 Å². The summed E-state index contributed by atoms with van der Waals surface area (Å²) in [6.45, 7) is 3.56. The average molecular weight is 282 g/mol.